The Labute approximate surface area is 228 Å². The zero-order valence-electron chi connectivity index (χ0n) is 23.8. The van der Waals surface area contributed by atoms with Gasteiger partial charge in [-0.1, -0.05) is 49.8 Å². The molecule has 1 aromatic carbocycles. The van der Waals surface area contributed by atoms with Crippen molar-refractivity contribution in [2.24, 2.45) is 0 Å². The number of piperidine rings is 1. The molecule has 0 saturated carbocycles. The molecule has 0 aliphatic carbocycles. The molecule has 6 nitrogen and oxygen atoms in total. The number of aliphatic hydroxyl groups is 1. The highest BCUT2D eigenvalue weighted by Gasteiger charge is 2.29. The number of carbonyl (C=O) groups excluding carboxylic acids is 1. The molecule has 0 bridgehead atoms. The number of aromatic nitrogens is 1. The Bertz CT molecular complexity index is 1210. The maximum atomic E-state index is 12.9. The number of ether oxygens (including phenoxy) is 1. The van der Waals surface area contributed by atoms with Crippen molar-refractivity contribution in [2.75, 3.05) is 46.0 Å². The summed E-state index contributed by atoms with van der Waals surface area (Å²) in [4.78, 5) is 20.7. The molecule has 2 aliphatic rings. The van der Waals surface area contributed by atoms with Crippen molar-refractivity contribution < 1.29 is 14.6 Å². The summed E-state index contributed by atoms with van der Waals surface area (Å²) >= 11 is 0. The second-order valence-corrected chi connectivity index (χ2v) is 11.6. The van der Waals surface area contributed by atoms with E-state index in [1.807, 2.05) is 6.92 Å². The van der Waals surface area contributed by atoms with E-state index >= 15 is 0 Å². The zero-order chi connectivity index (χ0) is 27.4. The first-order chi connectivity index (χ1) is 18.2. The number of fused-ring (bicyclic) bond motifs is 1. The van der Waals surface area contributed by atoms with Crippen LogP contribution in [0.1, 0.15) is 76.1 Å². The molecule has 4 rings (SSSR count). The van der Waals surface area contributed by atoms with E-state index in [4.69, 9.17) is 4.74 Å². The third kappa shape index (κ3) is 6.48. The van der Waals surface area contributed by atoms with Crippen molar-refractivity contribution >= 4 is 22.4 Å². The number of benzene rings is 1. The number of amides is 1. The SMILES string of the molecule is C=C(C)/C=C(\C=C(C)C)c1[nH]c2ccc(C3CCN(CC(=O)N4CCOCC4CO)CC3)cc2c1C(C)C. The molecule has 2 saturated heterocycles. The fraction of sp³-hybridized carbons (Fsp3) is 0.531. The first-order valence-electron chi connectivity index (χ1n) is 14.1. The molecule has 1 atom stereocenters. The minimum absolute atomic E-state index is 0.0473. The van der Waals surface area contributed by atoms with Gasteiger partial charge in [0.15, 0.2) is 0 Å². The fourth-order valence-corrected chi connectivity index (χ4v) is 5.92. The summed E-state index contributed by atoms with van der Waals surface area (Å²) in [6.07, 6.45) is 6.49. The van der Waals surface area contributed by atoms with Crippen LogP contribution in [0.3, 0.4) is 0 Å². The van der Waals surface area contributed by atoms with Gasteiger partial charge in [0.05, 0.1) is 32.4 Å². The number of aliphatic hydroxyl groups excluding tert-OH is 1. The predicted molar refractivity (Wildman–Crippen MR) is 156 cm³/mol. The van der Waals surface area contributed by atoms with Crippen molar-refractivity contribution in [1.82, 2.24) is 14.8 Å². The maximum Gasteiger partial charge on any atom is 0.237 e. The Morgan fingerprint density at radius 1 is 1.18 bits per heavy atom. The molecule has 1 unspecified atom stereocenters. The summed E-state index contributed by atoms with van der Waals surface area (Å²) in [7, 11) is 0. The molecule has 3 heterocycles. The average molecular weight is 520 g/mol. The number of aromatic amines is 1. The lowest BCUT2D eigenvalue weighted by atomic mass is 9.87. The molecule has 2 aromatic rings. The lowest BCUT2D eigenvalue weighted by molar-refractivity contribution is -0.143. The van der Waals surface area contributed by atoms with Gasteiger partial charge in [-0.15, -0.1) is 0 Å². The van der Waals surface area contributed by atoms with Crippen LogP contribution in [0.25, 0.3) is 16.5 Å². The number of H-pyrrole nitrogens is 1. The van der Waals surface area contributed by atoms with Crippen LogP contribution < -0.4 is 0 Å². The fourth-order valence-electron chi connectivity index (χ4n) is 5.92. The van der Waals surface area contributed by atoms with Crippen molar-refractivity contribution in [1.29, 1.82) is 0 Å². The van der Waals surface area contributed by atoms with E-state index in [1.54, 1.807) is 4.90 Å². The van der Waals surface area contributed by atoms with E-state index in [2.05, 4.69) is 74.5 Å². The highest BCUT2D eigenvalue weighted by atomic mass is 16.5. The average Bonchev–Trinajstić information content (AvgIpc) is 3.27. The number of morpholine rings is 1. The van der Waals surface area contributed by atoms with Gasteiger partial charge in [0.1, 0.15) is 0 Å². The second kappa shape index (κ2) is 12.5. The van der Waals surface area contributed by atoms with Crippen LogP contribution >= 0.6 is 0 Å². The van der Waals surface area contributed by atoms with E-state index in [0.717, 1.165) is 31.5 Å². The smallest absolute Gasteiger partial charge is 0.237 e. The van der Waals surface area contributed by atoms with Gasteiger partial charge in [-0.25, -0.2) is 0 Å². The summed E-state index contributed by atoms with van der Waals surface area (Å²) < 4.78 is 5.43. The Kier molecular flexibility index (Phi) is 9.29. The van der Waals surface area contributed by atoms with Crippen LogP contribution in [0.2, 0.25) is 0 Å². The van der Waals surface area contributed by atoms with Gasteiger partial charge >= 0.3 is 0 Å². The van der Waals surface area contributed by atoms with Crippen LogP contribution in [-0.2, 0) is 9.53 Å². The number of hydrogen-bond donors (Lipinski definition) is 2. The zero-order valence-corrected chi connectivity index (χ0v) is 23.8. The minimum atomic E-state index is -0.218. The van der Waals surface area contributed by atoms with E-state index in [0.29, 0.717) is 38.1 Å². The van der Waals surface area contributed by atoms with Gasteiger partial charge < -0.3 is 19.7 Å². The number of hydrogen-bond acceptors (Lipinski definition) is 4. The molecule has 38 heavy (non-hydrogen) atoms. The molecule has 1 aromatic heterocycles. The largest absolute Gasteiger partial charge is 0.394 e. The highest BCUT2D eigenvalue weighted by Crippen LogP contribution is 2.37. The normalized spacial score (nSPS) is 19.8. The van der Waals surface area contributed by atoms with E-state index < -0.39 is 0 Å². The van der Waals surface area contributed by atoms with E-state index in [-0.39, 0.29) is 18.6 Å². The lowest BCUT2D eigenvalue weighted by Crippen LogP contribution is -2.53. The van der Waals surface area contributed by atoms with Crippen LogP contribution in [0.15, 0.2) is 48.1 Å². The van der Waals surface area contributed by atoms with Gasteiger partial charge in [-0.05, 0) is 87.4 Å². The van der Waals surface area contributed by atoms with Crippen molar-refractivity contribution in [2.45, 2.75) is 65.3 Å². The predicted octanol–water partition coefficient (Wildman–Crippen LogP) is 5.62. The summed E-state index contributed by atoms with van der Waals surface area (Å²) in [6.45, 7) is 18.7. The molecular weight excluding hydrogens is 474 g/mol. The Hall–Kier alpha value is -2.67. The topological polar surface area (TPSA) is 68.8 Å². The Morgan fingerprint density at radius 3 is 2.55 bits per heavy atom. The quantitative estimate of drug-likeness (QED) is 0.445. The number of likely N-dealkylation sites (tertiary alicyclic amines) is 1. The Morgan fingerprint density at radius 2 is 1.92 bits per heavy atom. The molecule has 6 heteroatoms. The van der Waals surface area contributed by atoms with Crippen molar-refractivity contribution in [3.05, 3.63) is 64.9 Å². The molecule has 206 valence electrons. The number of allylic oxidation sites excluding steroid dienone is 5. The van der Waals surface area contributed by atoms with E-state index in [9.17, 15) is 9.90 Å². The summed E-state index contributed by atoms with van der Waals surface area (Å²) in [5, 5.41) is 10.9. The minimum Gasteiger partial charge on any atom is -0.394 e. The lowest BCUT2D eigenvalue weighted by Gasteiger charge is -2.37. The summed E-state index contributed by atoms with van der Waals surface area (Å²) in [5.74, 6) is 0.966. The van der Waals surface area contributed by atoms with Gasteiger partial charge in [0, 0.05) is 23.1 Å². The molecule has 0 spiro atoms. The standard InChI is InChI=1S/C32H45N3O3/c1-21(2)15-26(16-22(3)4)32-31(23(5)6)28-17-25(7-8-29(28)33-32)24-9-11-34(12-10-24)18-30(37)35-13-14-38-20-27(35)19-36/h7-8,15-17,23-24,27,33,36H,1,9-14,18-20H2,2-6H3/b26-15+. The van der Waals surface area contributed by atoms with Gasteiger partial charge in [0.2, 0.25) is 5.91 Å². The first kappa shape index (κ1) is 28.3. The van der Waals surface area contributed by atoms with Gasteiger partial charge in [-0.2, -0.15) is 0 Å². The van der Waals surface area contributed by atoms with Gasteiger partial charge in [-0.3, -0.25) is 9.69 Å². The number of nitrogens with one attached hydrogen (secondary N) is 1. The van der Waals surface area contributed by atoms with Crippen LogP contribution in [-0.4, -0.2) is 77.8 Å². The Balaban J connectivity index is 1.51. The molecule has 2 fully saturated rings. The van der Waals surface area contributed by atoms with Crippen molar-refractivity contribution in [3.8, 4) is 0 Å². The van der Waals surface area contributed by atoms with Gasteiger partial charge in [0.25, 0.3) is 0 Å². The third-order valence-electron chi connectivity index (χ3n) is 7.75. The van der Waals surface area contributed by atoms with Crippen molar-refractivity contribution in [3.63, 3.8) is 0 Å². The molecule has 1 amide bonds. The molecule has 2 aliphatic heterocycles. The summed E-state index contributed by atoms with van der Waals surface area (Å²) in [5.41, 5.74) is 8.59. The molecular formula is C32H45N3O3. The third-order valence-corrected chi connectivity index (χ3v) is 7.75. The highest BCUT2D eigenvalue weighted by molar-refractivity contribution is 5.92. The first-order valence-corrected chi connectivity index (χ1v) is 14.1. The number of carbonyl (C=O) groups is 1. The number of nitrogens with zero attached hydrogens (tertiary/aromatic N) is 2. The second-order valence-electron chi connectivity index (χ2n) is 11.6. The van der Waals surface area contributed by atoms with Crippen LogP contribution in [0.4, 0.5) is 0 Å². The summed E-state index contributed by atoms with van der Waals surface area (Å²) in [6, 6.07) is 6.70. The molecule has 0 radical (unpaired) electrons. The number of rotatable bonds is 8. The van der Waals surface area contributed by atoms with Crippen LogP contribution in [0, 0.1) is 0 Å². The molecule has 2 N–H and O–H groups in total. The van der Waals surface area contributed by atoms with E-state index in [1.165, 1.54) is 38.9 Å². The maximum absolute atomic E-state index is 12.9. The van der Waals surface area contributed by atoms with Crippen LogP contribution in [0.5, 0.6) is 0 Å². The monoisotopic (exact) mass is 519 g/mol.